The topological polar surface area (TPSA) is 59.9 Å². The lowest BCUT2D eigenvalue weighted by Gasteiger charge is -2.11. The highest BCUT2D eigenvalue weighted by Gasteiger charge is 2.30. The highest BCUT2D eigenvalue weighted by molar-refractivity contribution is 7.99. The molecule has 154 valence electrons. The fraction of sp³-hybridized carbons (Fsp3) is 0.211. The number of benzene rings is 1. The van der Waals surface area contributed by atoms with E-state index in [-0.39, 0.29) is 23.1 Å². The summed E-state index contributed by atoms with van der Waals surface area (Å²) in [7, 11) is 0. The van der Waals surface area contributed by atoms with Crippen LogP contribution >= 0.6 is 11.9 Å². The maximum absolute atomic E-state index is 14.1. The number of ether oxygens (including phenoxy) is 1. The highest BCUT2D eigenvalue weighted by Crippen LogP contribution is 2.33. The van der Waals surface area contributed by atoms with Crippen molar-refractivity contribution >= 4 is 17.8 Å². The smallest absolute Gasteiger partial charge is 0.416 e. The Morgan fingerprint density at radius 3 is 2.24 bits per heavy atom. The largest absolute Gasteiger partial charge is 0.437 e. The summed E-state index contributed by atoms with van der Waals surface area (Å²) in [6.07, 6.45) is 1.43. The molecule has 10 heteroatoms. The predicted molar refractivity (Wildman–Crippen MR) is 105 cm³/mol. The van der Waals surface area contributed by atoms with Gasteiger partial charge in [-0.15, -0.1) is 0 Å². The molecule has 2 aromatic heterocycles. The van der Waals surface area contributed by atoms with Crippen LogP contribution in [0, 0.1) is 5.82 Å². The summed E-state index contributed by atoms with van der Waals surface area (Å²) < 4.78 is 60.3. The zero-order valence-electron chi connectivity index (χ0n) is 15.8. The Hall–Kier alpha value is -2.88. The van der Waals surface area contributed by atoms with Gasteiger partial charge in [-0.2, -0.15) is 13.2 Å². The molecule has 0 amide bonds. The lowest BCUT2D eigenvalue weighted by atomic mass is 10.2. The minimum Gasteiger partial charge on any atom is -0.437 e. The van der Waals surface area contributed by atoms with Crippen LogP contribution in [0.1, 0.15) is 19.4 Å². The van der Waals surface area contributed by atoms with E-state index in [1.54, 1.807) is 6.26 Å². The Morgan fingerprint density at radius 1 is 1.00 bits per heavy atom. The first-order valence-corrected chi connectivity index (χ1v) is 9.72. The van der Waals surface area contributed by atoms with Gasteiger partial charge in [0.1, 0.15) is 11.4 Å². The van der Waals surface area contributed by atoms with Gasteiger partial charge in [-0.1, -0.05) is 25.8 Å². The Labute approximate surface area is 169 Å². The van der Waals surface area contributed by atoms with Crippen molar-refractivity contribution in [1.29, 1.82) is 0 Å². The van der Waals surface area contributed by atoms with Gasteiger partial charge in [-0.05, 0) is 30.3 Å². The van der Waals surface area contributed by atoms with Crippen molar-refractivity contribution in [3.05, 3.63) is 60.3 Å². The van der Waals surface area contributed by atoms with E-state index in [9.17, 15) is 17.6 Å². The molecule has 0 spiro atoms. The van der Waals surface area contributed by atoms with E-state index >= 15 is 0 Å². The Balaban J connectivity index is 0.00000145. The van der Waals surface area contributed by atoms with Crippen LogP contribution in [0.3, 0.4) is 0 Å². The van der Waals surface area contributed by atoms with Crippen LogP contribution in [0.5, 0.6) is 11.6 Å². The summed E-state index contributed by atoms with van der Waals surface area (Å²) in [6.45, 7) is 4.00. The Bertz CT molecular complexity index is 936. The summed E-state index contributed by atoms with van der Waals surface area (Å²) in [5.41, 5.74) is -0.272. The first kappa shape index (κ1) is 22.4. The van der Waals surface area contributed by atoms with Crippen molar-refractivity contribution in [2.24, 2.45) is 0 Å². The van der Waals surface area contributed by atoms with Crippen LogP contribution in [0.25, 0.3) is 11.3 Å². The molecule has 0 fully saturated rings. The van der Waals surface area contributed by atoms with Crippen LogP contribution < -0.4 is 9.46 Å². The van der Waals surface area contributed by atoms with Crippen molar-refractivity contribution in [3.63, 3.8) is 0 Å². The van der Waals surface area contributed by atoms with Crippen LogP contribution in [0.15, 0.2) is 48.9 Å². The summed E-state index contributed by atoms with van der Waals surface area (Å²) in [6, 6.07) is 5.36. The third-order valence-corrected chi connectivity index (χ3v) is 3.77. The number of nitrogens with zero attached hydrogens (tertiary/aromatic N) is 3. The average molecular weight is 426 g/mol. The summed E-state index contributed by atoms with van der Waals surface area (Å²) >= 11 is 1.19. The molecule has 0 aliphatic heterocycles. The normalized spacial score (nSPS) is 10.7. The molecule has 1 aromatic carbocycles. The van der Waals surface area contributed by atoms with E-state index in [4.69, 9.17) is 4.74 Å². The lowest BCUT2D eigenvalue weighted by Crippen LogP contribution is -2.04. The fourth-order valence-electron chi connectivity index (χ4n) is 2.16. The number of hydrogen-bond donors (Lipinski definition) is 1. The van der Waals surface area contributed by atoms with Crippen LogP contribution in [0.2, 0.25) is 0 Å². The quantitative estimate of drug-likeness (QED) is 0.387. The van der Waals surface area contributed by atoms with E-state index in [0.717, 1.165) is 12.1 Å². The lowest BCUT2D eigenvalue weighted by molar-refractivity contribution is -0.137. The number of rotatable bonds is 5. The first-order valence-electron chi connectivity index (χ1n) is 8.49. The van der Waals surface area contributed by atoms with Crippen molar-refractivity contribution < 1.29 is 22.3 Å². The zero-order chi connectivity index (χ0) is 21.4. The Morgan fingerprint density at radius 2 is 1.66 bits per heavy atom. The van der Waals surface area contributed by atoms with Gasteiger partial charge in [0.15, 0.2) is 11.6 Å². The molecular formula is C19H18F4N4OS. The molecular weight excluding hydrogens is 408 g/mol. The molecule has 0 aliphatic carbocycles. The van der Waals surface area contributed by atoms with Crippen LogP contribution in [-0.2, 0) is 6.18 Å². The average Bonchev–Trinajstić information content (AvgIpc) is 2.71. The van der Waals surface area contributed by atoms with Gasteiger partial charge < -0.3 is 9.46 Å². The monoisotopic (exact) mass is 426 g/mol. The number of pyridine rings is 1. The molecule has 5 nitrogen and oxygen atoms in total. The van der Waals surface area contributed by atoms with E-state index in [1.165, 1.54) is 48.7 Å². The highest BCUT2D eigenvalue weighted by atomic mass is 32.2. The van der Waals surface area contributed by atoms with Gasteiger partial charge >= 0.3 is 6.18 Å². The maximum atomic E-state index is 14.1. The van der Waals surface area contributed by atoms with Gasteiger partial charge in [0.25, 0.3) is 0 Å². The van der Waals surface area contributed by atoms with E-state index < -0.39 is 17.6 Å². The second kappa shape index (κ2) is 10.1. The molecule has 1 N–H and O–H groups in total. The molecule has 3 aromatic rings. The van der Waals surface area contributed by atoms with E-state index in [0.29, 0.717) is 5.56 Å². The summed E-state index contributed by atoms with van der Waals surface area (Å²) in [4.78, 5) is 12.1. The standard InChI is InChI=1S/C17H12F4N4OS.C2H6/c1-27-25-15-13(18)8-10(9-24-15)14-16(23-7-6-22-14)26-12-4-2-11(3-5-12)17(19,20)21;1-2/h2-9H,1H3,(H,24,25);1-2H3. The summed E-state index contributed by atoms with van der Waals surface area (Å²) in [5, 5.41) is 0. The van der Waals surface area contributed by atoms with E-state index in [2.05, 4.69) is 19.7 Å². The molecule has 3 rings (SSSR count). The Kier molecular flexibility index (Phi) is 7.77. The third-order valence-electron chi connectivity index (χ3n) is 3.37. The zero-order valence-corrected chi connectivity index (χ0v) is 16.6. The van der Waals surface area contributed by atoms with Gasteiger partial charge in [-0.25, -0.2) is 19.3 Å². The molecule has 2 heterocycles. The molecule has 0 saturated carbocycles. The minimum atomic E-state index is -4.44. The fourth-order valence-corrected chi connectivity index (χ4v) is 2.50. The van der Waals surface area contributed by atoms with Gasteiger partial charge in [0.2, 0.25) is 5.88 Å². The maximum Gasteiger partial charge on any atom is 0.416 e. The molecule has 0 saturated heterocycles. The second-order valence-electron chi connectivity index (χ2n) is 5.19. The number of anilines is 1. The SMILES string of the molecule is CC.CSNc1ncc(-c2nccnc2Oc2ccc(C(F)(F)F)cc2)cc1F. The van der Waals surface area contributed by atoms with Crippen molar-refractivity contribution in [1.82, 2.24) is 15.0 Å². The number of hydrogen-bond acceptors (Lipinski definition) is 6. The van der Waals surface area contributed by atoms with Crippen molar-refractivity contribution in [2.45, 2.75) is 20.0 Å². The van der Waals surface area contributed by atoms with Crippen molar-refractivity contribution in [3.8, 4) is 22.9 Å². The van der Waals surface area contributed by atoms with Gasteiger partial charge in [0, 0.05) is 30.4 Å². The van der Waals surface area contributed by atoms with Gasteiger partial charge in [-0.3, -0.25) is 0 Å². The molecule has 0 unspecified atom stereocenters. The number of alkyl halides is 3. The predicted octanol–water partition coefficient (Wildman–Crippen LogP) is 6.20. The van der Waals surface area contributed by atoms with Gasteiger partial charge in [0.05, 0.1) is 5.56 Å². The molecule has 0 bridgehead atoms. The first-order chi connectivity index (χ1) is 13.9. The van der Waals surface area contributed by atoms with Crippen LogP contribution in [0.4, 0.5) is 23.4 Å². The molecule has 0 radical (unpaired) electrons. The van der Waals surface area contributed by atoms with Crippen LogP contribution in [-0.4, -0.2) is 21.2 Å². The van der Waals surface area contributed by atoms with Crippen molar-refractivity contribution in [2.75, 3.05) is 11.0 Å². The van der Waals surface area contributed by atoms with E-state index in [1.807, 2.05) is 13.8 Å². The molecule has 0 atom stereocenters. The third kappa shape index (κ3) is 5.80. The number of nitrogens with one attached hydrogen (secondary N) is 1. The minimum absolute atomic E-state index is 0.0176. The molecule has 0 aliphatic rings. The molecule has 29 heavy (non-hydrogen) atoms. The second-order valence-corrected chi connectivity index (χ2v) is 5.81. The number of aromatic nitrogens is 3. The summed E-state index contributed by atoms with van der Waals surface area (Å²) in [5.74, 6) is -0.365. The number of halogens is 4.